The summed E-state index contributed by atoms with van der Waals surface area (Å²) in [5.74, 6) is 1.95. The van der Waals surface area contributed by atoms with Crippen LogP contribution in [0.25, 0.3) is 0 Å². The number of nitrogens with two attached hydrogens (primary N) is 1. The Morgan fingerprint density at radius 2 is 1.95 bits per heavy atom. The average molecular weight is 290 g/mol. The predicted octanol–water partition coefficient (Wildman–Crippen LogP) is 2.87. The molecule has 20 heavy (non-hydrogen) atoms. The van der Waals surface area contributed by atoms with E-state index in [4.69, 9.17) is 5.73 Å². The number of aryl methyl sites for hydroxylation is 1. The second-order valence-electron chi connectivity index (χ2n) is 4.64. The molecule has 2 N–H and O–H groups in total. The van der Waals surface area contributed by atoms with Crippen LogP contribution >= 0.6 is 11.8 Å². The Labute approximate surface area is 124 Å². The summed E-state index contributed by atoms with van der Waals surface area (Å²) in [7, 11) is 0. The van der Waals surface area contributed by atoms with Crippen LogP contribution in [-0.2, 0) is 19.5 Å². The molecule has 0 saturated carbocycles. The Bertz CT molecular complexity index is 510. The first-order valence-electron chi connectivity index (χ1n) is 7.14. The van der Waals surface area contributed by atoms with Crippen LogP contribution in [0.5, 0.6) is 0 Å². The highest BCUT2D eigenvalue weighted by Crippen LogP contribution is 2.19. The molecule has 0 unspecified atom stereocenters. The second-order valence-corrected chi connectivity index (χ2v) is 5.70. The van der Waals surface area contributed by atoms with E-state index in [1.165, 1.54) is 18.4 Å². The number of aromatic nitrogens is 3. The van der Waals surface area contributed by atoms with E-state index in [-0.39, 0.29) is 0 Å². The number of benzene rings is 1. The van der Waals surface area contributed by atoms with Gasteiger partial charge in [0.1, 0.15) is 5.82 Å². The van der Waals surface area contributed by atoms with E-state index in [9.17, 15) is 0 Å². The van der Waals surface area contributed by atoms with Gasteiger partial charge in [0, 0.05) is 12.3 Å². The van der Waals surface area contributed by atoms with Gasteiger partial charge in [-0.3, -0.25) is 0 Å². The summed E-state index contributed by atoms with van der Waals surface area (Å²) < 4.78 is 2.10. The molecule has 2 aromatic rings. The Morgan fingerprint density at radius 3 is 2.65 bits per heavy atom. The van der Waals surface area contributed by atoms with Crippen LogP contribution in [0.15, 0.2) is 35.5 Å². The van der Waals surface area contributed by atoms with Crippen molar-refractivity contribution in [1.29, 1.82) is 0 Å². The maximum absolute atomic E-state index is 5.65. The van der Waals surface area contributed by atoms with Gasteiger partial charge >= 0.3 is 0 Å². The molecule has 0 fully saturated rings. The first-order valence-corrected chi connectivity index (χ1v) is 8.12. The molecule has 5 heteroatoms. The van der Waals surface area contributed by atoms with E-state index >= 15 is 0 Å². The van der Waals surface area contributed by atoms with Crippen molar-refractivity contribution in [2.75, 3.05) is 5.75 Å². The van der Waals surface area contributed by atoms with E-state index in [1.807, 2.05) is 0 Å². The minimum atomic E-state index is 0.454. The third-order valence-corrected chi connectivity index (χ3v) is 4.28. The number of hydrogen-bond donors (Lipinski definition) is 1. The molecule has 4 nitrogen and oxygen atoms in total. The van der Waals surface area contributed by atoms with Crippen molar-refractivity contribution >= 4 is 11.8 Å². The van der Waals surface area contributed by atoms with Crippen LogP contribution in [0.1, 0.15) is 31.2 Å². The average Bonchev–Trinajstić information content (AvgIpc) is 2.90. The number of nitrogens with zero attached hydrogens (tertiary/aromatic N) is 3. The Hall–Kier alpha value is -1.33. The van der Waals surface area contributed by atoms with Gasteiger partial charge in [-0.1, -0.05) is 42.1 Å². The van der Waals surface area contributed by atoms with Gasteiger partial charge in [-0.15, -0.1) is 10.2 Å². The molecule has 1 aromatic carbocycles. The van der Waals surface area contributed by atoms with Gasteiger partial charge in [-0.25, -0.2) is 0 Å². The standard InChI is InChI=1S/C15H22N4S/c1-2-19-14(12-16)17-18-15(19)20-11-7-6-10-13-8-4-3-5-9-13/h3-5,8-9H,2,6-7,10-12,16H2,1H3. The van der Waals surface area contributed by atoms with Gasteiger partial charge < -0.3 is 10.3 Å². The van der Waals surface area contributed by atoms with Gasteiger partial charge in [0.25, 0.3) is 0 Å². The molecular weight excluding hydrogens is 268 g/mol. The monoisotopic (exact) mass is 290 g/mol. The summed E-state index contributed by atoms with van der Waals surface area (Å²) in [6.45, 7) is 3.43. The summed E-state index contributed by atoms with van der Waals surface area (Å²) in [6.07, 6.45) is 3.55. The van der Waals surface area contributed by atoms with Crippen molar-refractivity contribution in [3.8, 4) is 0 Å². The van der Waals surface area contributed by atoms with E-state index in [0.29, 0.717) is 6.54 Å². The van der Waals surface area contributed by atoms with Crippen molar-refractivity contribution in [3.63, 3.8) is 0 Å². The zero-order valence-electron chi connectivity index (χ0n) is 12.0. The molecular formula is C15H22N4S. The van der Waals surface area contributed by atoms with Crippen molar-refractivity contribution in [3.05, 3.63) is 41.7 Å². The van der Waals surface area contributed by atoms with Gasteiger partial charge in [0.15, 0.2) is 5.16 Å². The van der Waals surface area contributed by atoms with Crippen molar-refractivity contribution in [1.82, 2.24) is 14.8 Å². The first kappa shape index (κ1) is 15.1. The molecule has 0 spiro atoms. The number of rotatable bonds is 8. The fraction of sp³-hybridized carbons (Fsp3) is 0.467. The summed E-state index contributed by atoms with van der Waals surface area (Å²) >= 11 is 1.78. The third kappa shape index (κ3) is 4.08. The van der Waals surface area contributed by atoms with Gasteiger partial charge in [-0.05, 0) is 31.7 Å². The molecule has 0 amide bonds. The second kappa shape index (κ2) is 8.07. The van der Waals surface area contributed by atoms with E-state index in [1.54, 1.807) is 11.8 Å². The zero-order chi connectivity index (χ0) is 14.2. The van der Waals surface area contributed by atoms with E-state index in [2.05, 4.69) is 52.0 Å². The summed E-state index contributed by atoms with van der Waals surface area (Å²) in [5.41, 5.74) is 7.06. The summed E-state index contributed by atoms with van der Waals surface area (Å²) in [5, 5.41) is 9.32. The molecule has 0 radical (unpaired) electrons. The molecule has 0 aliphatic heterocycles. The fourth-order valence-electron chi connectivity index (χ4n) is 2.13. The third-order valence-electron chi connectivity index (χ3n) is 3.23. The minimum absolute atomic E-state index is 0.454. The lowest BCUT2D eigenvalue weighted by Gasteiger charge is -2.05. The molecule has 2 rings (SSSR count). The van der Waals surface area contributed by atoms with Crippen molar-refractivity contribution < 1.29 is 0 Å². The molecule has 0 saturated heterocycles. The Balaban J connectivity index is 1.72. The molecule has 0 aliphatic rings. The highest BCUT2D eigenvalue weighted by Gasteiger charge is 2.09. The lowest BCUT2D eigenvalue weighted by atomic mass is 10.1. The highest BCUT2D eigenvalue weighted by molar-refractivity contribution is 7.99. The Kier molecular flexibility index (Phi) is 6.08. The van der Waals surface area contributed by atoms with Gasteiger partial charge in [0.05, 0.1) is 6.54 Å². The molecule has 108 valence electrons. The van der Waals surface area contributed by atoms with Crippen molar-refractivity contribution in [2.45, 2.75) is 44.4 Å². The molecule has 1 aromatic heterocycles. The first-order chi connectivity index (χ1) is 9.85. The quantitative estimate of drug-likeness (QED) is 0.600. The summed E-state index contributed by atoms with van der Waals surface area (Å²) in [6, 6.07) is 10.6. The van der Waals surface area contributed by atoms with Gasteiger partial charge in [-0.2, -0.15) is 0 Å². The lowest BCUT2D eigenvalue weighted by Crippen LogP contribution is -2.08. The zero-order valence-corrected chi connectivity index (χ0v) is 12.8. The molecule has 0 aliphatic carbocycles. The normalized spacial score (nSPS) is 10.9. The van der Waals surface area contributed by atoms with E-state index < -0.39 is 0 Å². The smallest absolute Gasteiger partial charge is 0.191 e. The van der Waals surface area contributed by atoms with Crippen LogP contribution in [0.2, 0.25) is 0 Å². The lowest BCUT2D eigenvalue weighted by molar-refractivity contribution is 0.642. The number of hydrogen-bond acceptors (Lipinski definition) is 4. The molecule has 0 atom stereocenters. The predicted molar refractivity (Wildman–Crippen MR) is 83.7 cm³/mol. The largest absolute Gasteiger partial charge is 0.324 e. The minimum Gasteiger partial charge on any atom is -0.324 e. The maximum Gasteiger partial charge on any atom is 0.191 e. The Morgan fingerprint density at radius 1 is 1.15 bits per heavy atom. The molecule has 0 bridgehead atoms. The SMILES string of the molecule is CCn1c(CN)nnc1SCCCCc1ccccc1. The number of thioether (sulfide) groups is 1. The highest BCUT2D eigenvalue weighted by atomic mass is 32.2. The topological polar surface area (TPSA) is 56.7 Å². The van der Waals surface area contributed by atoms with E-state index in [0.717, 1.165) is 29.7 Å². The van der Waals surface area contributed by atoms with Crippen LogP contribution in [0, 0.1) is 0 Å². The summed E-state index contributed by atoms with van der Waals surface area (Å²) in [4.78, 5) is 0. The van der Waals surface area contributed by atoms with Crippen LogP contribution in [0.4, 0.5) is 0 Å². The van der Waals surface area contributed by atoms with Crippen LogP contribution in [0.3, 0.4) is 0 Å². The maximum atomic E-state index is 5.65. The van der Waals surface area contributed by atoms with Crippen LogP contribution in [-0.4, -0.2) is 20.5 Å². The van der Waals surface area contributed by atoms with Crippen LogP contribution < -0.4 is 5.73 Å². The molecule has 1 heterocycles. The fourth-order valence-corrected chi connectivity index (χ4v) is 3.15. The number of unbranched alkanes of at least 4 members (excludes halogenated alkanes) is 1. The van der Waals surface area contributed by atoms with Crippen molar-refractivity contribution in [2.24, 2.45) is 5.73 Å². The van der Waals surface area contributed by atoms with Gasteiger partial charge in [0.2, 0.25) is 0 Å².